The number of aryl methyl sites for hydroxylation is 1. The van der Waals surface area contributed by atoms with Crippen molar-refractivity contribution in [3.05, 3.63) is 12.2 Å². The second-order valence-corrected chi connectivity index (χ2v) is 7.17. The second kappa shape index (κ2) is 10.3. The summed E-state index contributed by atoms with van der Waals surface area (Å²) in [6, 6.07) is 0. The summed E-state index contributed by atoms with van der Waals surface area (Å²) in [6.07, 6.45) is 6.68. The third-order valence-electron chi connectivity index (χ3n) is 5.13. The zero-order valence-electron chi connectivity index (χ0n) is 16.2. The molecule has 0 amide bonds. The van der Waals surface area contributed by atoms with Crippen molar-refractivity contribution in [2.24, 2.45) is 18.0 Å². The molecule has 0 aromatic carbocycles. The molecule has 1 heterocycles. The average molecular weight is 463 g/mol. The van der Waals surface area contributed by atoms with Crippen LogP contribution in [0.2, 0.25) is 0 Å². The summed E-state index contributed by atoms with van der Waals surface area (Å²) in [5, 5.41) is 11.0. The standard InChI is InChI=1S/C17H33N7.HI/c1-6-18-16(19-11-15-21-13-22-24(15)5)20-12-17(23(3)4)9-7-8-14(2)10-17;/h13-14H,6-12H2,1-5H3,(H2,18,19,20);1H. The van der Waals surface area contributed by atoms with Gasteiger partial charge in [-0.1, -0.05) is 19.8 Å². The smallest absolute Gasteiger partial charge is 0.191 e. The zero-order valence-corrected chi connectivity index (χ0v) is 18.6. The molecule has 2 atom stereocenters. The Kier molecular flexibility index (Phi) is 9.12. The van der Waals surface area contributed by atoms with Gasteiger partial charge in [0.05, 0.1) is 0 Å². The lowest BCUT2D eigenvalue weighted by atomic mass is 9.75. The van der Waals surface area contributed by atoms with Gasteiger partial charge in [-0.15, -0.1) is 24.0 Å². The summed E-state index contributed by atoms with van der Waals surface area (Å²) in [4.78, 5) is 11.3. The number of aliphatic imine (C=N–C) groups is 1. The molecule has 0 saturated heterocycles. The van der Waals surface area contributed by atoms with Gasteiger partial charge in [-0.2, -0.15) is 5.10 Å². The summed E-state index contributed by atoms with van der Waals surface area (Å²) < 4.78 is 1.76. The van der Waals surface area contributed by atoms with Gasteiger partial charge in [-0.05, 0) is 39.8 Å². The number of guanidine groups is 1. The molecular weight excluding hydrogens is 429 g/mol. The monoisotopic (exact) mass is 463 g/mol. The van der Waals surface area contributed by atoms with E-state index in [4.69, 9.17) is 0 Å². The summed E-state index contributed by atoms with van der Waals surface area (Å²) >= 11 is 0. The van der Waals surface area contributed by atoms with E-state index in [0.29, 0.717) is 6.54 Å². The Morgan fingerprint density at radius 1 is 1.44 bits per heavy atom. The molecule has 1 saturated carbocycles. The van der Waals surface area contributed by atoms with Crippen LogP contribution >= 0.6 is 24.0 Å². The summed E-state index contributed by atoms with van der Waals surface area (Å²) in [5.41, 5.74) is 0.207. The van der Waals surface area contributed by atoms with Crippen molar-refractivity contribution in [1.82, 2.24) is 30.3 Å². The fourth-order valence-electron chi connectivity index (χ4n) is 3.56. The van der Waals surface area contributed by atoms with Crippen LogP contribution in [0.4, 0.5) is 0 Å². The van der Waals surface area contributed by atoms with Crippen LogP contribution in [0.5, 0.6) is 0 Å². The highest BCUT2D eigenvalue weighted by Gasteiger charge is 2.36. The molecule has 0 aliphatic heterocycles. The van der Waals surface area contributed by atoms with Gasteiger partial charge in [0.2, 0.25) is 0 Å². The highest BCUT2D eigenvalue weighted by Crippen LogP contribution is 2.35. The van der Waals surface area contributed by atoms with E-state index in [1.807, 2.05) is 7.05 Å². The Morgan fingerprint density at radius 2 is 2.20 bits per heavy atom. The first-order chi connectivity index (χ1) is 11.5. The van der Waals surface area contributed by atoms with E-state index in [9.17, 15) is 0 Å². The van der Waals surface area contributed by atoms with Crippen LogP contribution in [0.3, 0.4) is 0 Å². The number of hydrogen-bond donors (Lipinski definition) is 2. The molecule has 1 aliphatic carbocycles. The van der Waals surface area contributed by atoms with Gasteiger partial charge in [0.1, 0.15) is 18.7 Å². The largest absolute Gasteiger partial charge is 0.357 e. The van der Waals surface area contributed by atoms with E-state index in [1.54, 1.807) is 11.0 Å². The van der Waals surface area contributed by atoms with Crippen molar-refractivity contribution in [2.75, 3.05) is 27.2 Å². The Bertz CT molecular complexity index is 543. The summed E-state index contributed by atoms with van der Waals surface area (Å²) in [5.74, 6) is 2.49. The van der Waals surface area contributed by atoms with Gasteiger partial charge in [0, 0.05) is 25.7 Å². The molecule has 0 bridgehead atoms. The van der Waals surface area contributed by atoms with Crippen molar-refractivity contribution >= 4 is 29.9 Å². The van der Waals surface area contributed by atoms with Gasteiger partial charge in [0.15, 0.2) is 5.96 Å². The molecule has 7 nitrogen and oxygen atoms in total. The van der Waals surface area contributed by atoms with Crippen molar-refractivity contribution < 1.29 is 0 Å². The SMILES string of the molecule is CCNC(=NCc1ncnn1C)NCC1(N(C)C)CCCC(C)C1.I. The first kappa shape index (κ1) is 22.1. The molecule has 0 radical (unpaired) electrons. The highest BCUT2D eigenvalue weighted by atomic mass is 127. The lowest BCUT2D eigenvalue weighted by molar-refractivity contribution is 0.0795. The van der Waals surface area contributed by atoms with E-state index in [2.05, 4.69) is 58.6 Å². The number of rotatable bonds is 6. The van der Waals surface area contributed by atoms with Crippen molar-refractivity contribution in [3.8, 4) is 0 Å². The Balaban J connectivity index is 0.00000312. The fourth-order valence-corrected chi connectivity index (χ4v) is 3.56. The van der Waals surface area contributed by atoms with Crippen LogP contribution in [0.15, 0.2) is 11.3 Å². The van der Waals surface area contributed by atoms with Crippen LogP contribution in [-0.4, -0.2) is 58.3 Å². The fraction of sp³-hybridized carbons (Fsp3) is 0.824. The molecule has 1 aliphatic rings. The number of nitrogens with zero attached hydrogens (tertiary/aromatic N) is 5. The molecule has 25 heavy (non-hydrogen) atoms. The lowest BCUT2D eigenvalue weighted by Crippen LogP contribution is -2.56. The molecule has 2 unspecified atom stereocenters. The number of hydrogen-bond acceptors (Lipinski definition) is 4. The Labute approximate surface area is 169 Å². The van der Waals surface area contributed by atoms with Gasteiger partial charge in [-0.25, -0.2) is 9.98 Å². The number of halogens is 1. The van der Waals surface area contributed by atoms with E-state index in [-0.39, 0.29) is 29.5 Å². The van der Waals surface area contributed by atoms with E-state index >= 15 is 0 Å². The highest BCUT2D eigenvalue weighted by molar-refractivity contribution is 14.0. The van der Waals surface area contributed by atoms with Crippen LogP contribution in [-0.2, 0) is 13.6 Å². The normalized spacial score (nSPS) is 24.1. The molecule has 1 aromatic rings. The third kappa shape index (κ3) is 6.09. The molecule has 2 N–H and O–H groups in total. The van der Waals surface area contributed by atoms with Crippen LogP contribution in [0.1, 0.15) is 45.4 Å². The molecule has 144 valence electrons. The average Bonchev–Trinajstić information content (AvgIpc) is 2.95. The van der Waals surface area contributed by atoms with Crippen molar-refractivity contribution in [3.63, 3.8) is 0 Å². The number of likely N-dealkylation sites (N-methyl/N-ethyl adjacent to an activating group) is 1. The van der Waals surface area contributed by atoms with Crippen LogP contribution in [0.25, 0.3) is 0 Å². The first-order valence-corrected chi connectivity index (χ1v) is 8.99. The molecule has 2 rings (SSSR count). The minimum absolute atomic E-state index is 0. The van der Waals surface area contributed by atoms with Gasteiger partial charge in [-0.3, -0.25) is 4.68 Å². The molecule has 8 heteroatoms. The maximum absolute atomic E-state index is 4.66. The van der Waals surface area contributed by atoms with Crippen molar-refractivity contribution in [2.45, 2.75) is 51.6 Å². The zero-order chi connectivity index (χ0) is 17.6. The predicted molar refractivity (Wildman–Crippen MR) is 113 cm³/mol. The maximum Gasteiger partial charge on any atom is 0.191 e. The quantitative estimate of drug-likeness (QED) is 0.384. The third-order valence-corrected chi connectivity index (χ3v) is 5.13. The number of aromatic nitrogens is 3. The summed E-state index contributed by atoms with van der Waals surface area (Å²) in [6.45, 7) is 6.73. The molecular formula is C17H34IN7. The predicted octanol–water partition coefficient (Wildman–Crippen LogP) is 2.00. The topological polar surface area (TPSA) is 70.4 Å². The Morgan fingerprint density at radius 3 is 2.76 bits per heavy atom. The first-order valence-electron chi connectivity index (χ1n) is 8.99. The molecule has 1 fully saturated rings. The van der Waals surface area contributed by atoms with Gasteiger partial charge >= 0.3 is 0 Å². The van der Waals surface area contributed by atoms with Crippen LogP contribution < -0.4 is 10.6 Å². The van der Waals surface area contributed by atoms with E-state index in [0.717, 1.165) is 30.8 Å². The lowest BCUT2D eigenvalue weighted by Gasteiger charge is -2.45. The minimum atomic E-state index is 0. The van der Waals surface area contributed by atoms with Gasteiger partial charge in [0.25, 0.3) is 0 Å². The van der Waals surface area contributed by atoms with Gasteiger partial charge < -0.3 is 15.5 Å². The number of nitrogens with one attached hydrogen (secondary N) is 2. The molecule has 1 aromatic heterocycles. The van der Waals surface area contributed by atoms with E-state index < -0.39 is 0 Å². The van der Waals surface area contributed by atoms with Crippen molar-refractivity contribution in [1.29, 1.82) is 0 Å². The Hall–Kier alpha value is -0.900. The minimum Gasteiger partial charge on any atom is -0.357 e. The molecule has 0 spiro atoms. The summed E-state index contributed by atoms with van der Waals surface area (Å²) in [7, 11) is 6.29. The van der Waals surface area contributed by atoms with E-state index in [1.165, 1.54) is 25.7 Å². The second-order valence-electron chi connectivity index (χ2n) is 7.17. The van der Waals surface area contributed by atoms with Crippen LogP contribution in [0, 0.1) is 5.92 Å². The maximum atomic E-state index is 4.66.